The van der Waals surface area contributed by atoms with Crippen molar-refractivity contribution in [3.8, 4) is 11.1 Å². The number of hydrogen-bond donors (Lipinski definition) is 0. The molecule has 4 rings (SSSR count). The zero-order valence-corrected chi connectivity index (χ0v) is 14.1. The van der Waals surface area contributed by atoms with E-state index in [1.54, 1.807) is 24.3 Å². The van der Waals surface area contributed by atoms with Gasteiger partial charge in [0.05, 0.1) is 22.4 Å². The zero-order chi connectivity index (χ0) is 18.3. The smallest absolute Gasteiger partial charge is 0.269 e. The number of hydrogen-bond acceptors (Lipinski definition) is 4. The Morgan fingerprint density at radius 3 is 1.73 bits per heavy atom. The molecule has 2 unspecified atom stereocenters. The van der Waals surface area contributed by atoms with Crippen LogP contribution >= 0.6 is 0 Å². The van der Waals surface area contributed by atoms with Crippen molar-refractivity contribution in [3.63, 3.8) is 0 Å². The molecule has 26 heavy (non-hydrogen) atoms. The van der Waals surface area contributed by atoms with Crippen LogP contribution in [0, 0.1) is 22.0 Å². The fourth-order valence-electron chi connectivity index (χ4n) is 4.00. The van der Waals surface area contributed by atoms with E-state index < -0.39 is 4.92 Å². The third-order valence-electron chi connectivity index (χ3n) is 5.38. The lowest BCUT2D eigenvalue weighted by Gasteiger charge is -2.19. The van der Waals surface area contributed by atoms with Gasteiger partial charge in [0, 0.05) is 12.1 Å². The van der Waals surface area contributed by atoms with E-state index in [0.29, 0.717) is 5.69 Å². The summed E-state index contributed by atoms with van der Waals surface area (Å²) in [6.45, 7) is 0. The summed E-state index contributed by atoms with van der Waals surface area (Å²) in [5.74, 6) is -0.484. The van der Waals surface area contributed by atoms with E-state index in [9.17, 15) is 19.7 Å². The van der Waals surface area contributed by atoms with Gasteiger partial charge in [-0.15, -0.1) is 0 Å². The predicted octanol–water partition coefficient (Wildman–Crippen LogP) is 3.94. The minimum atomic E-state index is -0.434. The van der Waals surface area contributed by atoms with Gasteiger partial charge in [0.25, 0.3) is 5.69 Å². The van der Waals surface area contributed by atoms with Crippen molar-refractivity contribution in [2.24, 2.45) is 11.8 Å². The first kappa shape index (κ1) is 16.4. The number of carbonyl (C=O) groups is 2. The Labute approximate surface area is 150 Å². The molecule has 0 spiro atoms. The minimum absolute atomic E-state index is 0.0428. The molecule has 1 aliphatic heterocycles. The van der Waals surface area contributed by atoms with Crippen molar-refractivity contribution in [2.45, 2.75) is 25.7 Å². The van der Waals surface area contributed by atoms with Crippen LogP contribution in [-0.4, -0.2) is 16.7 Å². The number of nitro benzene ring substituents is 1. The van der Waals surface area contributed by atoms with Crippen LogP contribution in [0.3, 0.4) is 0 Å². The zero-order valence-electron chi connectivity index (χ0n) is 14.1. The molecule has 2 aromatic rings. The number of fused-ring (bicyclic) bond motifs is 1. The Morgan fingerprint density at radius 2 is 1.27 bits per heavy atom. The minimum Gasteiger partial charge on any atom is -0.274 e. The molecule has 0 radical (unpaired) electrons. The highest BCUT2D eigenvalue weighted by molar-refractivity contribution is 6.22. The largest absolute Gasteiger partial charge is 0.274 e. The standard InChI is InChI=1S/C20H18N2O4/c23-19-17-3-1-2-4-18(17)20(24)21(19)15-9-5-13(6-10-15)14-7-11-16(12-8-14)22(25)26/h5-12,17-18H,1-4H2. The number of anilines is 1. The van der Waals surface area contributed by atoms with Gasteiger partial charge in [-0.1, -0.05) is 25.0 Å². The van der Waals surface area contributed by atoms with Crippen LogP contribution in [-0.2, 0) is 9.59 Å². The number of rotatable bonds is 3. The molecule has 0 bridgehead atoms. The van der Waals surface area contributed by atoms with Crippen LogP contribution in [0.5, 0.6) is 0 Å². The number of carbonyl (C=O) groups excluding carboxylic acids is 2. The fraction of sp³-hybridized carbons (Fsp3) is 0.300. The van der Waals surface area contributed by atoms with E-state index in [2.05, 4.69) is 0 Å². The summed E-state index contributed by atoms with van der Waals surface area (Å²) in [5, 5.41) is 10.7. The molecule has 132 valence electrons. The number of nitrogens with zero attached hydrogens (tertiary/aromatic N) is 2. The van der Waals surface area contributed by atoms with E-state index in [0.717, 1.165) is 36.8 Å². The number of nitro groups is 1. The summed E-state index contributed by atoms with van der Waals surface area (Å²) in [6, 6.07) is 13.5. The lowest BCUT2D eigenvalue weighted by molar-refractivity contribution is -0.384. The van der Waals surface area contributed by atoms with Crippen molar-refractivity contribution in [3.05, 3.63) is 58.6 Å². The Hall–Kier alpha value is -3.02. The molecule has 1 saturated heterocycles. The average molecular weight is 350 g/mol. The number of amides is 2. The Morgan fingerprint density at radius 1 is 0.808 bits per heavy atom. The number of imide groups is 1. The SMILES string of the molecule is O=C1C2CCCCC2C(=O)N1c1ccc(-c2ccc([N+](=O)[O-])cc2)cc1. The van der Waals surface area contributed by atoms with Crippen LogP contribution in [0.15, 0.2) is 48.5 Å². The summed E-state index contributed by atoms with van der Waals surface area (Å²) in [5.41, 5.74) is 2.36. The lowest BCUT2D eigenvalue weighted by atomic mass is 9.81. The third kappa shape index (κ3) is 2.67. The van der Waals surface area contributed by atoms with Crippen LogP contribution in [0.2, 0.25) is 0 Å². The quantitative estimate of drug-likeness (QED) is 0.477. The highest BCUT2D eigenvalue weighted by atomic mass is 16.6. The van der Waals surface area contributed by atoms with E-state index in [1.807, 2.05) is 12.1 Å². The molecule has 2 aromatic carbocycles. The third-order valence-corrected chi connectivity index (χ3v) is 5.38. The van der Waals surface area contributed by atoms with E-state index in [-0.39, 0.29) is 29.3 Å². The first-order valence-corrected chi connectivity index (χ1v) is 8.79. The topological polar surface area (TPSA) is 80.5 Å². The molecule has 1 heterocycles. The van der Waals surface area contributed by atoms with Gasteiger partial charge in [-0.3, -0.25) is 24.6 Å². The van der Waals surface area contributed by atoms with Crippen molar-refractivity contribution in [1.82, 2.24) is 0 Å². The molecule has 6 heteroatoms. The summed E-state index contributed by atoms with van der Waals surface area (Å²) in [6.07, 6.45) is 3.61. The van der Waals surface area contributed by atoms with Crippen LogP contribution in [0.1, 0.15) is 25.7 Å². The molecule has 2 fully saturated rings. The average Bonchev–Trinajstić information content (AvgIpc) is 2.93. The van der Waals surface area contributed by atoms with Crippen LogP contribution in [0.25, 0.3) is 11.1 Å². The Balaban J connectivity index is 1.59. The Kier molecular flexibility index (Phi) is 4.03. The van der Waals surface area contributed by atoms with E-state index in [1.165, 1.54) is 17.0 Å². The van der Waals surface area contributed by atoms with Gasteiger partial charge in [0.2, 0.25) is 11.8 Å². The molecule has 0 N–H and O–H groups in total. The highest BCUT2D eigenvalue weighted by Gasteiger charge is 2.48. The van der Waals surface area contributed by atoms with Crippen LogP contribution < -0.4 is 4.90 Å². The second kappa shape index (κ2) is 6.37. The van der Waals surface area contributed by atoms with Crippen molar-refractivity contribution in [2.75, 3.05) is 4.90 Å². The summed E-state index contributed by atoms with van der Waals surface area (Å²) in [4.78, 5) is 36.9. The van der Waals surface area contributed by atoms with Crippen molar-refractivity contribution >= 4 is 23.2 Å². The summed E-state index contributed by atoms with van der Waals surface area (Å²) in [7, 11) is 0. The molecular weight excluding hydrogens is 332 g/mol. The number of benzene rings is 2. The van der Waals surface area contributed by atoms with Gasteiger partial charge < -0.3 is 0 Å². The van der Waals surface area contributed by atoms with E-state index >= 15 is 0 Å². The molecule has 1 saturated carbocycles. The summed E-state index contributed by atoms with van der Waals surface area (Å²) < 4.78 is 0. The monoisotopic (exact) mass is 350 g/mol. The predicted molar refractivity (Wildman–Crippen MR) is 96.5 cm³/mol. The lowest BCUT2D eigenvalue weighted by Crippen LogP contribution is -2.30. The molecule has 6 nitrogen and oxygen atoms in total. The summed E-state index contributed by atoms with van der Waals surface area (Å²) >= 11 is 0. The maximum atomic E-state index is 12.6. The first-order valence-electron chi connectivity index (χ1n) is 8.79. The van der Waals surface area contributed by atoms with Gasteiger partial charge in [-0.2, -0.15) is 0 Å². The second-order valence-electron chi connectivity index (χ2n) is 6.86. The van der Waals surface area contributed by atoms with Gasteiger partial charge in [-0.05, 0) is 48.2 Å². The van der Waals surface area contributed by atoms with Gasteiger partial charge >= 0.3 is 0 Å². The highest BCUT2D eigenvalue weighted by Crippen LogP contribution is 2.40. The maximum Gasteiger partial charge on any atom is 0.269 e. The molecular formula is C20H18N2O4. The maximum absolute atomic E-state index is 12.6. The first-order chi connectivity index (χ1) is 12.6. The molecule has 1 aliphatic carbocycles. The fourth-order valence-corrected chi connectivity index (χ4v) is 4.00. The Bertz CT molecular complexity index is 850. The molecule has 2 atom stereocenters. The molecule has 2 aliphatic rings. The van der Waals surface area contributed by atoms with Gasteiger partial charge in [0.1, 0.15) is 0 Å². The van der Waals surface area contributed by atoms with Gasteiger partial charge in [-0.25, -0.2) is 0 Å². The second-order valence-corrected chi connectivity index (χ2v) is 6.86. The normalized spacial score (nSPS) is 22.4. The molecule has 0 aromatic heterocycles. The molecule has 2 amide bonds. The van der Waals surface area contributed by atoms with Gasteiger partial charge in [0.15, 0.2) is 0 Å². The van der Waals surface area contributed by atoms with Crippen molar-refractivity contribution in [1.29, 1.82) is 0 Å². The van der Waals surface area contributed by atoms with Crippen LogP contribution in [0.4, 0.5) is 11.4 Å². The van der Waals surface area contributed by atoms with Crippen molar-refractivity contribution < 1.29 is 14.5 Å². The van der Waals surface area contributed by atoms with E-state index in [4.69, 9.17) is 0 Å². The number of non-ortho nitro benzene ring substituents is 1.